The third kappa shape index (κ3) is 2.69. The molecule has 0 N–H and O–H groups in total. The second kappa shape index (κ2) is 5.69. The number of carbonyl (C=O) groups excluding carboxylic acids is 1. The van der Waals surface area contributed by atoms with E-state index in [1.54, 1.807) is 12.4 Å². The smallest absolute Gasteiger partial charge is 0.233 e. The minimum absolute atomic E-state index is 0.0768. The highest BCUT2D eigenvalue weighted by Gasteiger charge is 2.53. The zero-order valence-corrected chi connectivity index (χ0v) is 13.0. The van der Waals surface area contributed by atoms with E-state index >= 15 is 0 Å². The molecule has 0 unspecified atom stereocenters. The summed E-state index contributed by atoms with van der Waals surface area (Å²) in [6.07, 6.45) is 6.33. The molecule has 1 amide bonds. The van der Waals surface area contributed by atoms with Gasteiger partial charge >= 0.3 is 0 Å². The van der Waals surface area contributed by atoms with Gasteiger partial charge in [-0.05, 0) is 30.5 Å². The second-order valence-corrected chi connectivity index (χ2v) is 6.41. The highest BCUT2D eigenvalue weighted by atomic mass is 16.5. The number of hydrogen-bond donors (Lipinski definition) is 0. The summed E-state index contributed by atoms with van der Waals surface area (Å²) in [6.45, 7) is 1.46. The van der Waals surface area contributed by atoms with Gasteiger partial charge in [-0.25, -0.2) is 0 Å². The number of nitrogens with zero attached hydrogens (tertiary/aromatic N) is 2. The van der Waals surface area contributed by atoms with Crippen molar-refractivity contribution in [2.24, 2.45) is 0 Å². The van der Waals surface area contributed by atoms with Crippen molar-refractivity contribution in [2.45, 2.75) is 30.8 Å². The Hall–Kier alpha value is -2.36. The minimum Gasteiger partial charge on any atom is -0.488 e. The molecule has 4 rings (SSSR count). The quantitative estimate of drug-likeness (QED) is 0.872. The lowest BCUT2D eigenvalue weighted by molar-refractivity contribution is -0.133. The van der Waals surface area contributed by atoms with E-state index < -0.39 is 0 Å². The molecule has 1 aliphatic carbocycles. The van der Waals surface area contributed by atoms with Crippen LogP contribution in [0.25, 0.3) is 0 Å². The van der Waals surface area contributed by atoms with Crippen LogP contribution in [0.15, 0.2) is 54.9 Å². The predicted octanol–water partition coefficient (Wildman–Crippen LogP) is 2.79. The van der Waals surface area contributed by atoms with Crippen molar-refractivity contribution >= 4 is 5.91 Å². The Morgan fingerprint density at radius 3 is 2.57 bits per heavy atom. The van der Waals surface area contributed by atoms with E-state index in [1.807, 2.05) is 35.2 Å². The van der Waals surface area contributed by atoms with E-state index in [2.05, 4.69) is 17.1 Å². The number of benzene rings is 1. The van der Waals surface area contributed by atoms with Crippen LogP contribution in [0.3, 0.4) is 0 Å². The average Bonchev–Trinajstić information content (AvgIpc) is 3.30. The Bertz CT molecular complexity index is 683. The van der Waals surface area contributed by atoms with Gasteiger partial charge in [-0.2, -0.15) is 0 Å². The van der Waals surface area contributed by atoms with Gasteiger partial charge in [0.05, 0.1) is 12.0 Å². The van der Waals surface area contributed by atoms with Gasteiger partial charge in [0.15, 0.2) is 0 Å². The van der Waals surface area contributed by atoms with Gasteiger partial charge in [0.25, 0.3) is 0 Å². The fourth-order valence-electron chi connectivity index (χ4n) is 3.43. The normalized spacial score (nSPS) is 21.9. The predicted molar refractivity (Wildman–Crippen MR) is 87.2 cm³/mol. The first kappa shape index (κ1) is 14.2. The molecule has 2 fully saturated rings. The maximum atomic E-state index is 13.0. The Balaban J connectivity index is 1.43. The Kier molecular flexibility index (Phi) is 3.52. The number of aromatic nitrogens is 1. The van der Waals surface area contributed by atoms with Crippen LogP contribution in [0.2, 0.25) is 0 Å². The molecule has 1 saturated heterocycles. The maximum absolute atomic E-state index is 13.0. The summed E-state index contributed by atoms with van der Waals surface area (Å²) in [4.78, 5) is 19.0. The lowest BCUT2D eigenvalue weighted by Gasteiger charge is -2.23. The number of ether oxygens (including phenoxy) is 1. The van der Waals surface area contributed by atoms with Crippen LogP contribution in [0.1, 0.15) is 24.8 Å². The number of pyridine rings is 1. The average molecular weight is 308 g/mol. The number of rotatable bonds is 4. The van der Waals surface area contributed by atoms with Crippen LogP contribution in [-0.4, -0.2) is 35.0 Å². The molecule has 23 heavy (non-hydrogen) atoms. The molecule has 0 bridgehead atoms. The molecule has 2 aliphatic rings. The first-order chi connectivity index (χ1) is 11.3. The number of amides is 1. The Morgan fingerprint density at radius 2 is 1.87 bits per heavy atom. The summed E-state index contributed by atoms with van der Waals surface area (Å²) in [5.74, 6) is 1.09. The van der Waals surface area contributed by atoms with E-state index in [0.29, 0.717) is 6.54 Å². The third-order valence-corrected chi connectivity index (χ3v) is 4.87. The number of hydrogen-bond acceptors (Lipinski definition) is 3. The van der Waals surface area contributed by atoms with Crippen LogP contribution in [0, 0.1) is 0 Å². The fourth-order valence-corrected chi connectivity index (χ4v) is 3.43. The number of likely N-dealkylation sites (tertiary alicyclic amines) is 1. The van der Waals surface area contributed by atoms with Gasteiger partial charge in [-0.15, -0.1) is 0 Å². The van der Waals surface area contributed by atoms with Crippen molar-refractivity contribution in [2.75, 3.05) is 13.1 Å². The second-order valence-electron chi connectivity index (χ2n) is 6.41. The summed E-state index contributed by atoms with van der Waals surface area (Å²) in [5.41, 5.74) is 0.885. The Morgan fingerprint density at radius 1 is 1.13 bits per heavy atom. The van der Waals surface area contributed by atoms with Gasteiger partial charge in [0, 0.05) is 25.4 Å². The van der Waals surface area contributed by atoms with Gasteiger partial charge in [0.2, 0.25) is 5.91 Å². The molecule has 118 valence electrons. The van der Waals surface area contributed by atoms with Crippen LogP contribution < -0.4 is 4.74 Å². The van der Waals surface area contributed by atoms with E-state index in [0.717, 1.165) is 37.1 Å². The lowest BCUT2D eigenvalue weighted by Crippen LogP contribution is -2.38. The summed E-state index contributed by atoms with van der Waals surface area (Å²) in [5, 5.41) is 0. The van der Waals surface area contributed by atoms with Crippen LogP contribution in [0.5, 0.6) is 5.75 Å². The summed E-state index contributed by atoms with van der Waals surface area (Å²) in [7, 11) is 0. The van der Waals surface area contributed by atoms with Gasteiger partial charge in [-0.1, -0.05) is 30.3 Å². The van der Waals surface area contributed by atoms with E-state index in [4.69, 9.17) is 4.74 Å². The standard InChI is InChI=1S/C19H20N2O2/c22-18(19(9-10-19)15-4-2-1-3-5-15)21-13-8-17(14-21)23-16-6-11-20-12-7-16/h1-7,11-12,17H,8-10,13-14H2/t17-/m1/s1. The minimum atomic E-state index is -0.271. The first-order valence-corrected chi connectivity index (χ1v) is 8.19. The number of carbonyl (C=O) groups is 1. The molecular weight excluding hydrogens is 288 g/mol. The highest BCUT2D eigenvalue weighted by molar-refractivity contribution is 5.91. The molecule has 2 heterocycles. The Labute approximate surface area is 136 Å². The van der Waals surface area contributed by atoms with Crippen molar-refractivity contribution < 1.29 is 9.53 Å². The van der Waals surface area contributed by atoms with Crippen LogP contribution in [-0.2, 0) is 10.2 Å². The molecule has 1 aromatic carbocycles. The third-order valence-electron chi connectivity index (χ3n) is 4.87. The summed E-state index contributed by atoms with van der Waals surface area (Å²) >= 11 is 0. The van der Waals surface area contributed by atoms with Crippen molar-refractivity contribution in [3.05, 3.63) is 60.4 Å². The van der Waals surface area contributed by atoms with E-state index in [-0.39, 0.29) is 17.4 Å². The molecule has 1 aromatic heterocycles. The highest BCUT2D eigenvalue weighted by Crippen LogP contribution is 2.49. The van der Waals surface area contributed by atoms with Gasteiger partial charge in [-0.3, -0.25) is 9.78 Å². The SMILES string of the molecule is O=C(N1CC[C@@H](Oc2ccncc2)C1)C1(c2ccccc2)CC1. The molecule has 4 heteroatoms. The topological polar surface area (TPSA) is 42.4 Å². The van der Waals surface area contributed by atoms with Crippen molar-refractivity contribution in [1.29, 1.82) is 0 Å². The van der Waals surface area contributed by atoms with E-state index in [1.165, 1.54) is 0 Å². The largest absolute Gasteiger partial charge is 0.488 e. The van der Waals surface area contributed by atoms with Crippen molar-refractivity contribution in [3.63, 3.8) is 0 Å². The van der Waals surface area contributed by atoms with E-state index in [9.17, 15) is 4.79 Å². The molecule has 0 radical (unpaired) electrons. The maximum Gasteiger partial charge on any atom is 0.233 e. The zero-order chi connectivity index (χ0) is 15.7. The molecule has 2 aromatic rings. The molecule has 1 atom stereocenters. The lowest BCUT2D eigenvalue weighted by atomic mass is 9.94. The fraction of sp³-hybridized carbons (Fsp3) is 0.368. The van der Waals surface area contributed by atoms with Gasteiger partial charge < -0.3 is 9.64 Å². The first-order valence-electron chi connectivity index (χ1n) is 8.19. The molecule has 1 saturated carbocycles. The molecule has 0 spiro atoms. The monoisotopic (exact) mass is 308 g/mol. The van der Waals surface area contributed by atoms with Gasteiger partial charge in [0.1, 0.15) is 11.9 Å². The van der Waals surface area contributed by atoms with Crippen LogP contribution in [0.4, 0.5) is 0 Å². The van der Waals surface area contributed by atoms with Crippen molar-refractivity contribution in [1.82, 2.24) is 9.88 Å². The summed E-state index contributed by atoms with van der Waals surface area (Å²) in [6, 6.07) is 13.9. The molecule has 1 aliphatic heterocycles. The molecule has 4 nitrogen and oxygen atoms in total. The van der Waals surface area contributed by atoms with Crippen LogP contribution >= 0.6 is 0 Å². The van der Waals surface area contributed by atoms with Crippen molar-refractivity contribution in [3.8, 4) is 5.75 Å². The molecular formula is C19H20N2O2. The zero-order valence-electron chi connectivity index (χ0n) is 13.0. The summed E-state index contributed by atoms with van der Waals surface area (Å²) < 4.78 is 5.96.